The first kappa shape index (κ1) is 17.6. The molecule has 2 heterocycles. The molecule has 0 bridgehead atoms. The third kappa shape index (κ3) is 2.93. The summed E-state index contributed by atoms with van der Waals surface area (Å²) in [5.74, 6) is 0. The topological polar surface area (TPSA) is 46.6 Å². The fourth-order valence-corrected chi connectivity index (χ4v) is 5.74. The Morgan fingerprint density at radius 2 is 1.69 bits per heavy atom. The molecule has 0 unspecified atom stereocenters. The van der Waals surface area contributed by atoms with E-state index in [1.165, 1.54) is 0 Å². The number of rotatable bonds is 2. The minimum absolute atomic E-state index is 0.217. The molecule has 0 aliphatic carbocycles. The minimum Gasteiger partial charge on any atom is -0.367 e. The monoisotopic (exact) mass is 371 g/mol. The highest BCUT2D eigenvalue weighted by atomic mass is 32.2. The first-order valence-electron chi connectivity index (χ1n) is 9.08. The second-order valence-electron chi connectivity index (χ2n) is 8.17. The highest BCUT2D eigenvalue weighted by Crippen LogP contribution is 2.46. The second kappa shape index (κ2) is 5.83. The first-order chi connectivity index (χ1) is 12.2. The number of sulfonamides is 1. The standard InChI is InChI=1S/C21H25NO3S/c1-16-8-10-18(11-9-16)26(23,24)22-15-21(13-12-20(2,3)25-21)14-17-6-4-5-7-19(17)22/h4-11H,12-15H2,1-3H3/t21-/m0/s1. The molecule has 2 aliphatic rings. The summed E-state index contributed by atoms with van der Waals surface area (Å²) in [6, 6.07) is 14.8. The fourth-order valence-electron chi connectivity index (χ4n) is 4.16. The van der Waals surface area contributed by atoms with E-state index in [1.54, 1.807) is 16.4 Å². The Hall–Kier alpha value is -1.85. The van der Waals surface area contributed by atoms with Gasteiger partial charge in [-0.15, -0.1) is 0 Å². The van der Waals surface area contributed by atoms with Crippen LogP contribution in [0.4, 0.5) is 5.69 Å². The van der Waals surface area contributed by atoms with Crippen LogP contribution in [0.3, 0.4) is 0 Å². The van der Waals surface area contributed by atoms with Crippen molar-refractivity contribution in [1.82, 2.24) is 0 Å². The molecule has 1 fully saturated rings. The van der Waals surface area contributed by atoms with Crippen LogP contribution in [0.2, 0.25) is 0 Å². The molecule has 26 heavy (non-hydrogen) atoms. The molecular weight excluding hydrogens is 346 g/mol. The Kier molecular flexibility index (Phi) is 3.93. The van der Waals surface area contributed by atoms with Gasteiger partial charge in [0, 0.05) is 6.42 Å². The summed E-state index contributed by atoms with van der Waals surface area (Å²) in [6.07, 6.45) is 2.56. The molecule has 0 amide bonds. The normalized spacial score (nSPS) is 24.7. The zero-order valence-corrected chi connectivity index (χ0v) is 16.3. The quantitative estimate of drug-likeness (QED) is 0.799. The maximum Gasteiger partial charge on any atom is 0.264 e. The Morgan fingerprint density at radius 3 is 2.35 bits per heavy atom. The smallest absolute Gasteiger partial charge is 0.264 e. The van der Waals surface area contributed by atoms with Gasteiger partial charge in [0.25, 0.3) is 10.0 Å². The van der Waals surface area contributed by atoms with Gasteiger partial charge in [-0.05, 0) is 57.4 Å². The van der Waals surface area contributed by atoms with Crippen LogP contribution < -0.4 is 4.31 Å². The van der Waals surface area contributed by atoms with E-state index in [0.717, 1.165) is 36.1 Å². The van der Waals surface area contributed by atoms with Crippen LogP contribution in [0.5, 0.6) is 0 Å². The molecule has 4 rings (SSSR count). The molecule has 5 heteroatoms. The lowest BCUT2D eigenvalue weighted by molar-refractivity contribution is -0.0807. The van der Waals surface area contributed by atoms with Crippen molar-refractivity contribution in [1.29, 1.82) is 0 Å². The van der Waals surface area contributed by atoms with Gasteiger partial charge in [0.2, 0.25) is 0 Å². The van der Waals surface area contributed by atoms with Crippen LogP contribution in [0.1, 0.15) is 37.8 Å². The number of anilines is 1. The summed E-state index contributed by atoms with van der Waals surface area (Å²) < 4.78 is 34.8. The Labute approximate surface area is 155 Å². The lowest BCUT2D eigenvalue weighted by Crippen LogP contribution is -2.51. The van der Waals surface area contributed by atoms with Crippen LogP contribution in [0.25, 0.3) is 0 Å². The van der Waals surface area contributed by atoms with Crippen LogP contribution >= 0.6 is 0 Å². The predicted octanol–water partition coefficient (Wildman–Crippen LogP) is 4.07. The summed E-state index contributed by atoms with van der Waals surface area (Å²) >= 11 is 0. The number of para-hydroxylation sites is 1. The van der Waals surface area contributed by atoms with Crippen molar-refractivity contribution in [2.24, 2.45) is 0 Å². The number of hydrogen-bond acceptors (Lipinski definition) is 3. The van der Waals surface area contributed by atoms with Gasteiger partial charge in [0.1, 0.15) is 0 Å². The number of nitrogens with zero attached hydrogens (tertiary/aromatic N) is 1. The third-order valence-electron chi connectivity index (χ3n) is 5.49. The largest absolute Gasteiger partial charge is 0.367 e. The molecule has 0 saturated carbocycles. The maximum absolute atomic E-state index is 13.4. The highest BCUT2D eigenvalue weighted by molar-refractivity contribution is 7.92. The predicted molar refractivity (Wildman–Crippen MR) is 103 cm³/mol. The van der Waals surface area contributed by atoms with Gasteiger partial charge >= 0.3 is 0 Å². The van der Waals surface area contributed by atoms with Crippen molar-refractivity contribution in [3.05, 3.63) is 59.7 Å². The molecule has 1 atom stereocenters. The van der Waals surface area contributed by atoms with E-state index in [4.69, 9.17) is 4.74 Å². The molecule has 1 saturated heterocycles. The Morgan fingerprint density at radius 1 is 1.00 bits per heavy atom. The summed E-state index contributed by atoms with van der Waals surface area (Å²) in [7, 11) is -3.64. The molecule has 2 aromatic rings. The van der Waals surface area contributed by atoms with Gasteiger partial charge in [0.05, 0.1) is 28.3 Å². The van der Waals surface area contributed by atoms with Crippen molar-refractivity contribution < 1.29 is 13.2 Å². The van der Waals surface area contributed by atoms with Gasteiger partial charge in [0.15, 0.2) is 0 Å². The van der Waals surface area contributed by atoms with Crippen molar-refractivity contribution in [3.8, 4) is 0 Å². The zero-order valence-electron chi connectivity index (χ0n) is 15.5. The van der Waals surface area contributed by atoms with Gasteiger partial charge in [-0.3, -0.25) is 4.31 Å². The van der Waals surface area contributed by atoms with Gasteiger partial charge < -0.3 is 4.74 Å². The van der Waals surface area contributed by atoms with E-state index < -0.39 is 15.6 Å². The maximum atomic E-state index is 13.4. The molecule has 2 aromatic carbocycles. The number of fused-ring (bicyclic) bond motifs is 1. The van der Waals surface area contributed by atoms with Crippen LogP contribution in [-0.4, -0.2) is 26.2 Å². The Bertz CT molecular complexity index is 934. The van der Waals surface area contributed by atoms with Crippen molar-refractivity contribution >= 4 is 15.7 Å². The van der Waals surface area contributed by atoms with E-state index in [9.17, 15) is 8.42 Å². The van der Waals surface area contributed by atoms with Crippen molar-refractivity contribution in [2.45, 2.75) is 56.1 Å². The molecule has 2 aliphatic heterocycles. The molecule has 1 spiro atoms. The van der Waals surface area contributed by atoms with Crippen molar-refractivity contribution in [3.63, 3.8) is 0 Å². The minimum atomic E-state index is -3.64. The molecule has 138 valence electrons. The summed E-state index contributed by atoms with van der Waals surface area (Å²) in [5, 5.41) is 0. The van der Waals surface area contributed by atoms with E-state index in [0.29, 0.717) is 11.4 Å². The van der Waals surface area contributed by atoms with Crippen molar-refractivity contribution in [2.75, 3.05) is 10.8 Å². The van der Waals surface area contributed by atoms with E-state index in [-0.39, 0.29) is 5.60 Å². The lowest BCUT2D eigenvalue weighted by Gasteiger charge is -2.42. The van der Waals surface area contributed by atoms with Gasteiger partial charge in [-0.2, -0.15) is 0 Å². The van der Waals surface area contributed by atoms with Crippen LogP contribution in [0, 0.1) is 6.92 Å². The number of ether oxygens (including phenoxy) is 1. The second-order valence-corrected chi connectivity index (χ2v) is 10.0. The molecule has 0 N–H and O–H groups in total. The third-order valence-corrected chi connectivity index (χ3v) is 7.26. The average molecular weight is 372 g/mol. The summed E-state index contributed by atoms with van der Waals surface area (Å²) in [6.45, 7) is 6.49. The summed E-state index contributed by atoms with van der Waals surface area (Å²) in [4.78, 5) is 0.326. The summed E-state index contributed by atoms with van der Waals surface area (Å²) in [5.41, 5.74) is 2.18. The number of aryl methyl sites for hydroxylation is 1. The Balaban J connectivity index is 1.80. The molecule has 0 radical (unpaired) electrons. The van der Waals surface area contributed by atoms with Gasteiger partial charge in [-0.25, -0.2) is 8.42 Å². The SMILES string of the molecule is Cc1ccc(S(=O)(=O)N2C[C@]3(CCC(C)(C)O3)Cc3ccccc32)cc1. The molecule has 4 nitrogen and oxygen atoms in total. The zero-order chi connectivity index (χ0) is 18.6. The van der Waals surface area contributed by atoms with E-state index >= 15 is 0 Å². The van der Waals surface area contributed by atoms with E-state index in [1.807, 2.05) is 43.3 Å². The first-order valence-corrected chi connectivity index (χ1v) is 10.5. The highest BCUT2D eigenvalue weighted by Gasteiger charge is 2.50. The average Bonchev–Trinajstić information content (AvgIpc) is 2.88. The molecule has 0 aromatic heterocycles. The number of hydrogen-bond donors (Lipinski definition) is 0. The molecular formula is C21H25NO3S. The lowest BCUT2D eigenvalue weighted by atomic mass is 9.87. The van der Waals surface area contributed by atoms with Crippen LogP contribution in [-0.2, 0) is 21.2 Å². The number of benzene rings is 2. The van der Waals surface area contributed by atoms with Crippen LogP contribution in [0.15, 0.2) is 53.4 Å². The van der Waals surface area contributed by atoms with E-state index in [2.05, 4.69) is 13.8 Å². The van der Waals surface area contributed by atoms with Gasteiger partial charge in [-0.1, -0.05) is 35.9 Å². The fraction of sp³-hybridized carbons (Fsp3) is 0.429.